The smallest absolute Gasteiger partial charge is 0.232 e. The number of ether oxygens (including phenoxy) is 1. The Bertz CT molecular complexity index is 165. The maximum Gasteiger partial charge on any atom is 0.232 e. The highest BCUT2D eigenvalue weighted by atomic mass is 16.7. The summed E-state index contributed by atoms with van der Waals surface area (Å²) in [7, 11) is 3.17. The van der Waals surface area contributed by atoms with E-state index in [-0.39, 0.29) is 0 Å². The van der Waals surface area contributed by atoms with Gasteiger partial charge in [-0.2, -0.15) is 0 Å². The summed E-state index contributed by atoms with van der Waals surface area (Å²) < 4.78 is 4.94. The van der Waals surface area contributed by atoms with Crippen molar-refractivity contribution in [1.29, 1.82) is 0 Å². The molecule has 1 aliphatic rings. The second-order valence-electron chi connectivity index (χ2n) is 1.75. The van der Waals surface area contributed by atoms with Crippen LogP contribution in [0.4, 0.5) is 0 Å². The molecular weight excluding hydrogens is 132 g/mol. The molecule has 4 nitrogen and oxygen atoms in total. The van der Waals surface area contributed by atoms with Gasteiger partial charge >= 0.3 is 0 Å². The van der Waals surface area contributed by atoms with Gasteiger partial charge in [-0.15, -0.1) is 0 Å². The molecule has 0 radical (unpaired) electrons. The van der Waals surface area contributed by atoms with Gasteiger partial charge in [0.25, 0.3) is 0 Å². The lowest BCUT2D eigenvalue weighted by Crippen LogP contribution is -2.26. The predicted octanol–water partition coefficient (Wildman–Crippen LogP) is 0.379. The third-order valence-electron chi connectivity index (χ3n) is 1.21. The summed E-state index contributed by atoms with van der Waals surface area (Å²) in [5, 5.41) is 1.60. The summed E-state index contributed by atoms with van der Waals surface area (Å²) in [6, 6.07) is 0. The summed E-state index contributed by atoms with van der Waals surface area (Å²) in [6.07, 6.45) is 3.35. The molecule has 0 N–H and O–H groups in total. The van der Waals surface area contributed by atoms with Gasteiger partial charge in [0.2, 0.25) is 5.88 Å². The quantitative estimate of drug-likeness (QED) is 0.559. The molecular formula is C6H10N2O2. The molecule has 56 valence electrons. The molecule has 0 aromatic rings. The minimum absolute atomic E-state index is 0.630. The summed E-state index contributed by atoms with van der Waals surface area (Å²) in [5.74, 6) is 0.630. The average Bonchev–Trinajstić information content (AvgIpc) is 2.04. The van der Waals surface area contributed by atoms with Crippen LogP contribution in [0.15, 0.2) is 17.1 Å². The third-order valence-corrected chi connectivity index (χ3v) is 1.21. The Balaban J connectivity index is 2.61. The van der Waals surface area contributed by atoms with Gasteiger partial charge in [-0.25, -0.2) is 5.06 Å². The Morgan fingerprint density at radius 3 is 2.90 bits per heavy atom. The lowest BCUT2D eigenvalue weighted by molar-refractivity contribution is -0.125. The van der Waals surface area contributed by atoms with Crippen molar-refractivity contribution < 1.29 is 9.57 Å². The van der Waals surface area contributed by atoms with Crippen molar-refractivity contribution in [3.05, 3.63) is 12.1 Å². The van der Waals surface area contributed by atoms with Crippen molar-refractivity contribution in [1.82, 2.24) is 5.06 Å². The van der Waals surface area contributed by atoms with E-state index in [2.05, 4.69) is 4.99 Å². The van der Waals surface area contributed by atoms with E-state index in [0.717, 1.165) is 0 Å². The summed E-state index contributed by atoms with van der Waals surface area (Å²) >= 11 is 0. The van der Waals surface area contributed by atoms with Crippen LogP contribution in [-0.2, 0) is 9.57 Å². The molecule has 1 heterocycles. The minimum atomic E-state index is 0.630. The molecule has 10 heavy (non-hydrogen) atoms. The monoisotopic (exact) mass is 142 g/mol. The molecule has 1 aliphatic heterocycles. The van der Waals surface area contributed by atoms with E-state index in [1.54, 1.807) is 31.7 Å². The van der Waals surface area contributed by atoms with Crippen LogP contribution in [0.3, 0.4) is 0 Å². The van der Waals surface area contributed by atoms with E-state index in [1.807, 2.05) is 0 Å². The first kappa shape index (κ1) is 7.08. The highest BCUT2D eigenvalue weighted by Crippen LogP contribution is 2.06. The topological polar surface area (TPSA) is 34.1 Å². The summed E-state index contributed by atoms with van der Waals surface area (Å²) in [5.41, 5.74) is 0. The maximum absolute atomic E-state index is 4.94. The zero-order valence-electron chi connectivity index (χ0n) is 6.07. The normalized spacial score (nSPS) is 17.0. The maximum atomic E-state index is 4.94. The van der Waals surface area contributed by atoms with E-state index < -0.39 is 0 Å². The van der Waals surface area contributed by atoms with Gasteiger partial charge < -0.3 is 4.74 Å². The lowest BCUT2D eigenvalue weighted by Gasteiger charge is -2.22. The van der Waals surface area contributed by atoms with E-state index in [1.165, 1.54) is 0 Å². The standard InChI is InChI=1S/C6H10N2O2/c1-9-6-5-7-3-4-8(6)10-2/h3,5H,4H2,1-2H3. The molecule has 0 amide bonds. The van der Waals surface area contributed by atoms with E-state index in [9.17, 15) is 0 Å². The number of hydrogen-bond acceptors (Lipinski definition) is 4. The van der Waals surface area contributed by atoms with Crippen molar-refractivity contribution in [2.45, 2.75) is 0 Å². The number of nitrogens with zero attached hydrogens (tertiary/aromatic N) is 2. The fourth-order valence-corrected chi connectivity index (χ4v) is 0.711. The van der Waals surface area contributed by atoms with Gasteiger partial charge in [-0.3, -0.25) is 9.83 Å². The predicted molar refractivity (Wildman–Crippen MR) is 37.3 cm³/mol. The van der Waals surface area contributed by atoms with Gasteiger partial charge in [-0.1, -0.05) is 0 Å². The van der Waals surface area contributed by atoms with Crippen molar-refractivity contribution >= 4 is 6.21 Å². The number of methoxy groups -OCH3 is 1. The van der Waals surface area contributed by atoms with E-state index >= 15 is 0 Å². The van der Waals surface area contributed by atoms with Crippen LogP contribution in [0.5, 0.6) is 0 Å². The number of aliphatic imine (C=N–C) groups is 1. The molecule has 0 spiro atoms. The van der Waals surface area contributed by atoms with Gasteiger partial charge in [-0.05, 0) is 0 Å². The van der Waals surface area contributed by atoms with Gasteiger partial charge in [0, 0.05) is 6.21 Å². The largest absolute Gasteiger partial charge is 0.480 e. The highest BCUT2D eigenvalue weighted by Gasteiger charge is 2.09. The average molecular weight is 142 g/mol. The summed E-state index contributed by atoms with van der Waals surface area (Å²) in [6.45, 7) is 0.635. The van der Waals surface area contributed by atoms with Crippen molar-refractivity contribution in [3.8, 4) is 0 Å². The second kappa shape index (κ2) is 3.22. The molecule has 0 aromatic heterocycles. The number of rotatable bonds is 2. The molecule has 1 rings (SSSR count). The van der Waals surface area contributed by atoms with Crippen LogP contribution < -0.4 is 0 Å². The fourth-order valence-electron chi connectivity index (χ4n) is 0.711. The van der Waals surface area contributed by atoms with Gasteiger partial charge in [0.15, 0.2) is 0 Å². The Labute approximate surface area is 59.7 Å². The Morgan fingerprint density at radius 1 is 1.60 bits per heavy atom. The first-order valence-electron chi connectivity index (χ1n) is 2.96. The SMILES string of the molecule is COC1=CN=CCN1OC. The molecule has 0 unspecified atom stereocenters. The molecule has 0 saturated carbocycles. The van der Waals surface area contributed by atoms with Gasteiger partial charge in [0.1, 0.15) is 0 Å². The van der Waals surface area contributed by atoms with Gasteiger partial charge in [0.05, 0.1) is 27.0 Å². The van der Waals surface area contributed by atoms with E-state index in [4.69, 9.17) is 9.57 Å². The first-order valence-corrected chi connectivity index (χ1v) is 2.96. The van der Waals surface area contributed by atoms with Crippen LogP contribution in [0.25, 0.3) is 0 Å². The Hall–Kier alpha value is -1.03. The highest BCUT2D eigenvalue weighted by molar-refractivity contribution is 5.61. The molecule has 0 aliphatic carbocycles. The molecule has 0 saturated heterocycles. The molecule has 4 heteroatoms. The van der Waals surface area contributed by atoms with Crippen LogP contribution in [-0.4, -0.2) is 32.0 Å². The van der Waals surface area contributed by atoms with Crippen LogP contribution >= 0.6 is 0 Å². The zero-order chi connectivity index (χ0) is 7.40. The zero-order valence-corrected chi connectivity index (χ0v) is 6.07. The van der Waals surface area contributed by atoms with Crippen LogP contribution in [0.2, 0.25) is 0 Å². The summed E-state index contributed by atoms with van der Waals surface area (Å²) in [4.78, 5) is 8.84. The minimum Gasteiger partial charge on any atom is -0.480 e. The Morgan fingerprint density at radius 2 is 2.40 bits per heavy atom. The fraction of sp³-hybridized carbons (Fsp3) is 0.500. The van der Waals surface area contributed by atoms with Crippen LogP contribution in [0.1, 0.15) is 0 Å². The number of hydrogen-bond donors (Lipinski definition) is 0. The Kier molecular flexibility index (Phi) is 2.28. The van der Waals surface area contributed by atoms with Crippen LogP contribution in [0, 0.1) is 0 Å². The van der Waals surface area contributed by atoms with E-state index in [0.29, 0.717) is 12.4 Å². The van der Waals surface area contributed by atoms with Crippen molar-refractivity contribution in [2.24, 2.45) is 4.99 Å². The lowest BCUT2D eigenvalue weighted by atomic mass is 10.6. The third kappa shape index (κ3) is 1.27. The molecule has 0 aromatic carbocycles. The van der Waals surface area contributed by atoms with Crippen molar-refractivity contribution in [3.63, 3.8) is 0 Å². The first-order chi connectivity index (χ1) is 4.88. The van der Waals surface area contributed by atoms with Crippen molar-refractivity contribution in [2.75, 3.05) is 20.8 Å². The molecule has 0 bridgehead atoms. The molecule has 0 atom stereocenters. The number of hydroxylamine groups is 2. The second-order valence-corrected chi connectivity index (χ2v) is 1.75. The molecule has 0 fully saturated rings.